The Hall–Kier alpha value is -2.84. The molecule has 0 unspecified atom stereocenters. The molecule has 0 bridgehead atoms. The van der Waals surface area contributed by atoms with E-state index in [4.69, 9.17) is 11.6 Å². The molecule has 1 heterocycles. The van der Waals surface area contributed by atoms with Gasteiger partial charge in [0.05, 0.1) is 5.52 Å². The first-order valence-electron chi connectivity index (χ1n) is 11.6. The van der Waals surface area contributed by atoms with Crippen LogP contribution in [0, 0.1) is 0 Å². The van der Waals surface area contributed by atoms with E-state index in [0.29, 0.717) is 28.1 Å². The fourth-order valence-electron chi connectivity index (χ4n) is 4.53. The zero-order valence-corrected chi connectivity index (χ0v) is 20.4. The van der Waals surface area contributed by atoms with Crippen LogP contribution < -0.4 is 10.6 Å². The summed E-state index contributed by atoms with van der Waals surface area (Å²) < 4.78 is 40.3. The maximum atomic E-state index is 13.4. The van der Waals surface area contributed by atoms with Crippen molar-refractivity contribution in [1.82, 2.24) is 15.2 Å². The number of amides is 1. The standard InChI is InChI=1S/C26H28ClF3N4O/c1-34(2)15-16-6-8-17(9-7-16)25(35)32-20-5-3-4-19(13-20)31-23-14-24(26(28,29)30)33-22-11-10-18(27)12-21(22)23/h6-12,14,19-20H,3-5,13,15H2,1-2H3,(H,31,33)(H,32,35)/t19-,20+/m0/s1. The number of hydrogen-bond acceptors (Lipinski definition) is 4. The van der Waals surface area contributed by atoms with Gasteiger partial charge >= 0.3 is 6.18 Å². The fourth-order valence-corrected chi connectivity index (χ4v) is 4.70. The van der Waals surface area contributed by atoms with E-state index in [1.54, 1.807) is 6.07 Å². The smallest absolute Gasteiger partial charge is 0.382 e. The van der Waals surface area contributed by atoms with Crippen molar-refractivity contribution in [2.24, 2.45) is 0 Å². The van der Waals surface area contributed by atoms with E-state index in [0.717, 1.165) is 37.4 Å². The number of anilines is 1. The summed E-state index contributed by atoms with van der Waals surface area (Å²) in [6.45, 7) is 0.794. The predicted molar refractivity (Wildman–Crippen MR) is 133 cm³/mol. The highest BCUT2D eigenvalue weighted by Crippen LogP contribution is 2.35. The van der Waals surface area contributed by atoms with Crippen molar-refractivity contribution in [3.8, 4) is 0 Å². The lowest BCUT2D eigenvalue weighted by molar-refractivity contribution is -0.140. The highest BCUT2D eigenvalue weighted by atomic mass is 35.5. The monoisotopic (exact) mass is 504 g/mol. The van der Waals surface area contributed by atoms with Crippen molar-refractivity contribution in [2.75, 3.05) is 19.4 Å². The molecule has 0 radical (unpaired) electrons. The van der Waals surface area contributed by atoms with Crippen LogP contribution in [0.3, 0.4) is 0 Å². The van der Waals surface area contributed by atoms with Gasteiger partial charge in [-0.15, -0.1) is 0 Å². The number of nitrogens with one attached hydrogen (secondary N) is 2. The van der Waals surface area contributed by atoms with Gasteiger partial charge in [0, 0.05) is 40.3 Å². The van der Waals surface area contributed by atoms with Gasteiger partial charge in [0.2, 0.25) is 0 Å². The number of halogens is 4. The number of carbonyl (C=O) groups is 1. The Bertz CT molecular complexity index is 1200. The topological polar surface area (TPSA) is 57.3 Å². The van der Waals surface area contributed by atoms with Gasteiger partial charge in [0.1, 0.15) is 5.69 Å². The molecule has 1 amide bonds. The molecular weight excluding hydrogens is 477 g/mol. The number of hydrogen-bond donors (Lipinski definition) is 2. The van der Waals surface area contributed by atoms with Crippen molar-refractivity contribution >= 4 is 34.1 Å². The van der Waals surface area contributed by atoms with E-state index in [9.17, 15) is 18.0 Å². The molecule has 35 heavy (non-hydrogen) atoms. The Labute approximate surface area is 207 Å². The van der Waals surface area contributed by atoms with E-state index in [1.165, 1.54) is 12.1 Å². The molecule has 9 heteroatoms. The Morgan fingerprint density at radius 3 is 2.49 bits per heavy atom. The lowest BCUT2D eigenvalue weighted by Gasteiger charge is -2.31. The molecule has 186 valence electrons. The van der Waals surface area contributed by atoms with Crippen molar-refractivity contribution in [2.45, 2.75) is 50.5 Å². The Kier molecular flexibility index (Phi) is 7.52. The van der Waals surface area contributed by atoms with Gasteiger partial charge < -0.3 is 15.5 Å². The number of carbonyl (C=O) groups excluding carboxylic acids is 1. The molecule has 2 aromatic carbocycles. The highest BCUT2D eigenvalue weighted by Gasteiger charge is 2.34. The summed E-state index contributed by atoms with van der Waals surface area (Å²) in [6.07, 6.45) is -1.50. The van der Waals surface area contributed by atoms with Gasteiger partial charge in [0.25, 0.3) is 5.91 Å². The molecule has 0 aliphatic heterocycles. The second-order valence-corrected chi connectivity index (χ2v) is 9.76. The molecule has 2 atom stereocenters. The molecule has 1 saturated carbocycles. The van der Waals surface area contributed by atoms with Gasteiger partial charge in [0.15, 0.2) is 0 Å². The lowest BCUT2D eigenvalue weighted by Crippen LogP contribution is -2.41. The summed E-state index contributed by atoms with van der Waals surface area (Å²) in [5, 5.41) is 7.33. The van der Waals surface area contributed by atoms with Crippen LogP contribution in [0.1, 0.15) is 47.3 Å². The van der Waals surface area contributed by atoms with E-state index >= 15 is 0 Å². The average molecular weight is 505 g/mol. The van der Waals surface area contributed by atoms with Crippen LogP contribution in [0.2, 0.25) is 5.02 Å². The molecule has 1 aromatic heterocycles. The molecular formula is C26H28ClF3N4O. The molecule has 2 N–H and O–H groups in total. The Balaban J connectivity index is 1.47. The van der Waals surface area contributed by atoms with Gasteiger partial charge in [-0.05, 0) is 81.7 Å². The van der Waals surface area contributed by atoms with Gasteiger partial charge in [-0.25, -0.2) is 4.98 Å². The van der Waals surface area contributed by atoms with Crippen LogP contribution in [0.25, 0.3) is 10.9 Å². The molecule has 0 saturated heterocycles. The summed E-state index contributed by atoms with van der Waals surface area (Å²) in [7, 11) is 3.98. The van der Waals surface area contributed by atoms with E-state index in [-0.39, 0.29) is 23.5 Å². The quantitative estimate of drug-likeness (QED) is 0.424. The van der Waals surface area contributed by atoms with Crippen LogP contribution in [0.4, 0.5) is 18.9 Å². The van der Waals surface area contributed by atoms with Gasteiger partial charge in [-0.3, -0.25) is 4.79 Å². The Morgan fingerprint density at radius 1 is 1.09 bits per heavy atom. The summed E-state index contributed by atoms with van der Waals surface area (Å²) in [6, 6.07) is 13.0. The maximum Gasteiger partial charge on any atom is 0.433 e. The van der Waals surface area contributed by atoms with E-state index < -0.39 is 11.9 Å². The van der Waals surface area contributed by atoms with Crippen LogP contribution in [-0.2, 0) is 12.7 Å². The molecule has 5 nitrogen and oxygen atoms in total. The first-order chi connectivity index (χ1) is 16.6. The van der Waals surface area contributed by atoms with E-state index in [2.05, 4.69) is 20.5 Å². The van der Waals surface area contributed by atoms with Gasteiger partial charge in [-0.2, -0.15) is 13.2 Å². The Morgan fingerprint density at radius 2 is 1.80 bits per heavy atom. The fraction of sp³-hybridized carbons (Fsp3) is 0.385. The zero-order valence-electron chi connectivity index (χ0n) is 19.6. The minimum absolute atomic E-state index is 0.0750. The minimum Gasteiger partial charge on any atom is -0.382 e. The number of fused-ring (bicyclic) bond motifs is 1. The second-order valence-electron chi connectivity index (χ2n) is 9.33. The molecule has 4 rings (SSSR count). The van der Waals surface area contributed by atoms with Crippen molar-refractivity contribution < 1.29 is 18.0 Å². The summed E-state index contributed by atoms with van der Waals surface area (Å²) in [4.78, 5) is 18.6. The van der Waals surface area contributed by atoms with Crippen molar-refractivity contribution in [3.63, 3.8) is 0 Å². The van der Waals surface area contributed by atoms with E-state index in [1.807, 2.05) is 38.4 Å². The van der Waals surface area contributed by atoms with Crippen LogP contribution in [0.15, 0.2) is 48.5 Å². The summed E-state index contributed by atoms with van der Waals surface area (Å²) >= 11 is 6.11. The first kappa shape index (κ1) is 25.3. The largest absolute Gasteiger partial charge is 0.433 e. The molecule has 0 spiro atoms. The number of alkyl halides is 3. The summed E-state index contributed by atoms with van der Waals surface area (Å²) in [5.41, 5.74) is 1.33. The van der Waals surface area contributed by atoms with Crippen LogP contribution in [-0.4, -0.2) is 42.0 Å². The lowest BCUT2D eigenvalue weighted by atomic mass is 9.90. The molecule has 3 aromatic rings. The molecule has 1 fully saturated rings. The number of pyridine rings is 1. The first-order valence-corrected chi connectivity index (χ1v) is 11.9. The number of rotatable bonds is 6. The third-order valence-corrected chi connectivity index (χ3v) is 6.38. The SMILES string of the molecule is CN(C)Cc1ccc(C(=O)N[C@@H]2CCC[C@H](Nc3cc(C(F)(F)F)nc4ccc(Cl)cc34)C2)cc1. The highest BCUT2D eigenvalue weighted by molar-refractivity contribution is 6.31. The normalized spacial score (nSPS) is 18.6. The zero-order chi connectivity index (χ0) is 25.2. The third-order valence-electron chi connectivity index (χ3n) is 6.15. The minimum atomic E-state index is -4.56. The number of aromatic nitrogens is 1. The van der Waals surface area contributed by atoms with Gasteiger partial charge in [-0.1, -0.05) is 23.7 Å². The summed E-state index contributed by atoms with van der Waals surface area (Å²) in [5.74, 6) is -0.146. The molecule has 1 aliphatic carbocycles. The number of nitrogens with zero attached hydrogens (tertiary/aromatic N) is 2. The maximum absolute atomic E-state index is 13.4. The third kappa shape index (κ3) is 6.44. The predicted octanol–water partition coefficient (Wildman–Crippen LogP) is 6.12. The van der Waals surface area contributed by atoms with Crippen LogP contribution >= 0.6 is 11.6 Å². The number of benzene rings is 2. The van der Waals surface area contributed by atoms with Crippen LogP contribution in [0.5, 0.6) is 0 Å². The average Bonchev–Trinajstić information content (AvgIpc) is 2.79. The second kappa shape index (κ2) is 10.4. The van der Waals surface area contributed by atoms with Crippen molar-refractivity contribution in [3.05, 3.63) is 70.4 Å². The molecule has 1 aliphatic rings. The van der Waals surface area contributed by atoms with Crippen molar-refractivity contribution in [1.29, 1.82) is 0 Å².